The average molecular weight is 916 g/mol. The Balaban J connectivity index is 1.07. The number of esters is 1. The summed E-state index contributed by atoms with van der Waals surface area (Å²) >= 11 is 8.50. The highest BCUT2D eigenvalue weighted by Gasteiger charge is 2.55. The van der Waals surface area contributed by atoms with Gasteiger partial charge in [0.15, 0.2) is 23.6 Å². The van der Waals surface area contributed by atoms with Crippen LogP contribution in [0.3, 0.4) is 0 Å². The lowest BCUT2D eigenvalue weighted by atomic mass is 9.77. The predicted octanol–water partition coefficient (Wildman–Crippen LogP) is 9.31. The molecule has 2 N–H and O–H groups in total. The van der Waals surface area contributed by atoms with Crippen molar-refractivity contribution in [2.75, 3.05) is 23.6 Å². The Kier molecular flexibility index (Phi) is 13.9. The van der Waals surface area contributed by atoms with Crippen molar-refractivity contribution in [2.45, 2.75) is 29.5 Å². The van der Waals surface area contributed by atoms with E-state index in [2.05, 4.69) is 15.8 Å². The Morgan fingerprint density at radius 2 is 1.38 bits per heavy atom. The summed E-state index contributed by atoms with van der Waals surface area (Å²) in [7, 11) is 0. The molecule has 64 heavy (non-hydrogen) atoms. The summed E-state index contributed by atoms with van der Waals surface area (Å²) in [5.41, 5.74) is 3.37. The number of rotatable bonds is 17. The van der Waals surface area contributed by atoms with Crippen LogP contribution in [0.1, 0.15) is 39.6 Å². The number of thiazole rings is 1. The van der Waals surface area contributed by atoms with E-state index in [0.717, 1.165) is 27.8 Å². The summed E-state index contributed by atoms with van der Waals surface area (Å²) < 4.78 is 32.9. The van der Waals surface area contributed by atoms with Gasteiger partial charge in [-0.3, -0.25) is 14.5 Å². The number of anilines is 1. The smallest absolute Gasteiger partial charge is 0.356 e. The fourth-order valence-corrected chi connectivity index (χ4v) is 9.81. The van der Waals surface area contributed by atoms with E-state index in [0.29, 0.717) is 10.7 Å². The lowest BCUT2D eigenvalue weighted by Gasteiger charge is -2.49. The number of hydrogen-bond donors (Lipinski definition) is 2. The molecule has 3 heterocycles. The van der Waals surface area contributed by atoms with Crippen LogP contribution < -0.4 is 10.6 Å². The van der Waals surface area contributed by atoms with Gasteiger partial charge in [-0.05, 0) is 33.4 Å². The fraction of sp³-hybridized carbons (Fsp3) is 0.163. The molecule has 0 saturated carbocycles. The lowest BCUT2D eigenvalue weighted by molar-refractivity contribution is -0.154. The number of nitrogens with zero attached hydrogens (tertiary/aromatic N) is 3. The zero-order valence-electron chi connectivity index (χ0n) is 33.9. The molecule has 2 aliphatic rings. The molecular weight excluding hydrogens is 876 g/mol. The molecule has 2 aliphatic heterocycles. The minimum atomic E-state index is -2.88. The highest BCUT2D eigenvalue weighted by atomic mass is 35.5. The average Bonchev–Trinajstić information content (AvgIpc) is 3.81. The molecule has 5 aromatic carbocycles. The summed E-state index contributed by atoms with van der Waals surface area (Å²) in [6.45, 7) is -1.08. The number of aromatic nitrogens is 1. The summed E-state index contributed by atoms with van der Waals surface area (Å²) in [4.78, 5) is 53.7. The molecule has 0 spiro atoms. The number of allylic oxidation sites excluding steroid dienone is 2. The van der Waals surface area contributed by atoms with E-state index < -0.39 is 59.6 Å². The molecule has 1 aromatic heterocycles. The van der Waals surface area contributed by atoms with Crippen molar-refractivity contribution in [3.05, 3.63) is 214 Å². The van der Waals surface area contributed by atoms with Crippen LogP contribution in [0.15, 0.2) is 186 Å². The molecule has 2 amide bonds. The zero-order chi connectivity index (χ0) is 44.5. The quantitative estimate of drug-likeness (QED) is 0.0232. The Morgan fingerprint density at radius 1 is 0.844 bits per heavy atom. The van der Waals surface area contributed by atoms with Gasteiger partial charge in [-0.25, -0.2) is 18.6 Å². The van der Waals surface area contributed by atoms with Crippen molar-refractivity contribution in [3.63, 3.8) is 0 Å². The monoisotopic (exact) mass is 915 g/mol. The largest absolute Gasteiger partial charge is 0.448 e. The van der Waals surface area contributed by atoms with Crippen molar-refractivity contribution in [1.29, 1.82) is 0 Å². The number of fused-ring (bicyclic) bond motifs is 1. The Morgan fingerprint density at radius 3 is 1.89 bits per heavy atom. The van der Waals surface area contributed by atoms with Gasteiger partial charge in [0.25, 0.3) is 18.2 Å². The minimum Gasteiger partial charge on any atom is -0.448 e. The van der Waals surface area contributed by atoms with Crippen LogP contribution in [0.2, 0.25) is 0 Å². The van der Waals surface area contributed by atoms with Crippen LogP contribution in [-0.4, -0.2) is 69.5 Å². The summed E-state index contributed by atoms with van der Waals surface area (Å²) in [6.07, 6.45) is -0.306. The van der Waals surface area contributed by atoms with Crippen LogP contribution in [0.4, 0.5) is 13.9 Å². The normalized spacial score (nSPS) is 16.4. The molecule has 0 bridgehead atoms. The maximum atomic E-state index is 14.3. The SMILES string of the molecule is O=C(N[C@@H]1C(=O)N2C(C(=O)OC(c3ccccc3)c3ccccc3)=C(/C=C\CCl)CS[C@@H]12)C(=NOCC(F)F)c1csc(NC(c2ccccc2)(c2ccccc2)c2ccccc2)n1. The number of ether oxygens (including phenoxy) is 1. The third-order valence-corrected chi connectivity index (χ3v) is 12.8. The van der Waals surface area contributed by atoms with Crippen LogP contribution in [0.25, 0.3) is 0 Å². The minimum absolute atomic E-state index is 0.0211. The third kappa shape index (κ3) is 9.35. The van der Waals surface area contributed by atoms with Crippen LogP contribution in [-0.2, 0) is 29.5 Å². The zero-order valence-corrected chi connectivity index (χ0v) is 36.3. The van der Waals surface area contributed by atoms with Crippen molar-refractivity contribution in [2.24, 2.45) is 5.16 Å². The summed E-state index contributed by atoms with van der Waals surface area (Å²) in [6, 6.07) is 46.9. The van der Waals surface area contributed by atoms with E-state index in [1.54, 1.807) is 17.5 Å². The van der Waals surface area contributed by atoms with Gasteiger partial charge in [0, 0.05) is 17.0 Å². The highest BCUT2D eigenvalue weighted by Crippen LogP contribution is 2.43. The number of carbonyl (C=O) groups excluding carboxylic acids is 3. The summed E-state index contributed by atoms with van der Waals surface area (Å²) in [5, 5.41) is 11.4. The van der Waals surface area contributed by atoms with E-state index in [1.165, 1.54) is 28.0 Å². The number of hydrogen-bond acceptors (Lipinski definition) is 10. The van der Waals surface area contributed by atoms with E-state index in [9.17, 15) is 23.2 Å². The molecular formula is C49H40ClF2N5O5S2. The topological polar surface area (TPSA) is 122 Å². The second-order valence-electron chi connectivity index (χ2n) is 14.5. The Bertz CT molecular complexity index is 2520. The van der Waals surface area contributed by atoms with E-state index in [-0.39, 0.29) is 23.0 Å². The van der Waals surface area contributed by atoms with Gasteiger partial charge in [0.1, 0.15) is 28.3 Å². The molecule has 8 rings (SSSR count). The number of thioether (sulfide) groups is 1. The van der Waals surface area contributed by atoms with Crippen molar-refractivity contribution in [1.82, 2.24) is 15.2 Å². The van der Waals surface area contributed by atoms with Gasteiger partial charge >= 0.3 is 5.97 Å². The fourth-order valence-electron chi connectivity index (χ4n) is 7.65. The molecule has 324 valence electrons. The van der Waals surface area contributed by atoms with Crippen LogP contribution in [0.5, 0.6) is 0 Å². The standard InChI is InChI=1S/C49H40ClF2N5O5S2/c50-28-16-21-34-30-63-46-41(45(59)57(46)42(34)47(60)62-43(32-17-6-1-7-18-32)33-19-8-2-9-20-33)54-44(58)40(56-61-29-39(51)52)38-31-64-48(53-38)55-49(35-22-10-3-11-23-35,36-24-12-4-13-25-36)37-26-14-5-15-27-37/h1-27,31,39,41,43,46H,28-30H2,(H,53,55)(H,54,58)/b21-16-,56-40?/t41-,46+/m1/s1. The molecule has 0 radical (unpaired) electrons. The second kappa shape index (κ2) is 20.3. The van der Waals surface area contributed by atoms with Crippen LogP contribution in [0, 0.1) is 0 Å². The number of benzene rings is 5. The number of nitrogens with one attached hydrogen (secondary N) is 2. The number of oxime groups is 1. The van der Waals surface area contributed by atoms with E-state index in [1.807, 2.05) is 152 Å². The van der Waals surface area contributed by atoms with Crippen LogP contribution >= 0.6 is 34.7 Å². The van der Waals surface area contributed by atoms with Gasteiger partial charge < -0.3 is 20.2 Å². The molecule has 10 nitrogen and oxygen atoms in total. The number of halogens is 3. The second-order valence-corrected chi connectivity index (χ2v) is 16.8. The highest BCUT2D eigenvalue weighted by molar-refractivity contribution is 8.00. The number of β-lactam (4-membered cyclic amide) rings is 1. The van der Waals surface area contributed by atoms with Gasteiger partial charge in [-0.15, -0.1) is 34.7 Å². The number of alkyl halides is 3. The van der Waals surface area contributed by atoms with Gasteiger partial charge in [-0.1, -0.05) is 169 Å². The Hall–Kier alpha value is -6.61. The molecule has 2 atom stereocenters. The first-order valence-electron chi connectivity index (χ1n) is 20.2. The first-order chi connectivity index (χ1) is 31.3. The molecule has 1 saturated heterocycles. The lowest BCUT2D eigenvalue weighted by Crippen LogP contribution is -2.71. The van der Waals surface area contributed by atoms with Gasteiger partial charge in [-0.2, -0.15) is 0 Å². The first-order valence-corrected chi connectivity index (χ1v) is 22.7. The first kappa shape index (κ1) is 44.0. The Labute approximate surface area is 381 Å². The molecule has 6 aromatic rings. The summed E-state index contributed by atoms with van der Waals surface area (Å²) in [5.74, 6) is -1.76. The molecule has 0 unspecified atom stereocenters. The molecule has 15 heteroatoms. The molecule has 0 aliphatic carbocycles. The number of amides is 2. The van der Waals surface area contributed by atoms with Crippen molar-refractivity contribution in [3.8, 4) is 0 Å². The number of carbonyl (C=O) groups is 3. The van der Waals surface area contributed by atoms with Crippen molar-refractivity contribution < 1.29 is 32.7 Å². The maximum absolute atomic E-state index is 14.3. The molecule has 1 fully saturated rings. The maximum Gasteiger partial charge on any atom is 0.356 e. The van der Waals surface area contributed by atoms with Gasteiger partial charge in [0.05, 0.1) is 0 Å². The predicted molar refractivity (Wildman–Crippen MR) is 246 cm³/mol. The van der Waals surface area contributed by atoms with Gasteiger partial charge in [0.2, 0.25) is 0 Å². The van der Waals surface area contributed by atoms with Crippen molar-refractivity contribution >= 4 is 63.3 Å². The third-order valence-electron chi connectivity index (χ3n) is 10.5. The van der Waals surface area contributed by atoms with E-state index >= 15 is 0 Å². The van der Waals surface area contributed by atoms with E-state index in [4.69, 9.17) is 26.2 Å².